The molecule has 8 rings (SSSR count). The number of benzene rings is 5. The number of amides is 4. The van der Waals surface area contributed by atoms with Crippen LogP contribution in [0.4, 0.5) is 34.1 Å². The van der Waals surface area contributed by atoms with Crippen molar-refractivity contribution >= 4 is 58.1 Å². The third-order valence-corrected chi connectivity index (χ3v) is 9.84. The number of halogens is 5. The van der Waals surface area contributed by atoms with Gasteiger partial charge in [0.25, 0.3) is 0 Å². The van der Waals surface area contributed by atoms with Crippen LogP contribution < -0.4 is 10.6 Å². The maximum atomic E-state index is 13.0. The van der Waals surface area contributed by atoms with E-state index >= 15 is 0 Å². The topological polar surface area (TPSA) is 102 Å². The monoisotopic (exact) mass is 819 g/mol. The molecule has 2 unspecified atom stereocenters. The van der Waals surface area contributed by atoms with Crippen LogP contribution in [0.25, 0.3) is 0 Å². The van der Waals surface area contributed by atoms with Crippen molar-refractivity contribution in [1.29, 1.82) is 0 Å². The number of hydrogen-bond acceptors (Lipinski definition) is 5. The lowest BCUT2D eigenvalue weighted by Gasteiger charge is -2.16. The number of aromatic nitrogens is 1. The Balaban J connectivity index is 0.000000178. The largest absolute Gasteiger partial charge is 0.416 e. The number of rotatable bonds is 6. The number of alkyl halides is 3. The fourth-order valence-electron chi connectivity index (χ4n) is 6.50. The van der Waals surface area contributed by atoms with Gasteiger partial charge in [-0.3, -0.25) is 4.98 Å². The maximum Gasteiger partial charge on any atom is 0.416 e. The van der Waals surface area contributed by atoms with Crippen LogP contribution in [0.5, 0.6) is 0 Å². The molecule has 58 heavy (non-hydrogen) atoms. The van der Waals surface area contributed by atoms with Crippen LogP contribution in [0.2, 0.25) is 10.0 Å². The van der Waals surface area contributed by atoms with Gasteiger partial charge in [0.1, 0.15) is 0 Å². The molecule has 0 saturated carbocycles. The normalized spacial score (nSPS) is 16.2. The second-order valence-corrected chi connectivity index (χ2v) is 14.1. The summed E-state index contributed by atoms with van der Waals surface area (Å²) in [6, 6.07) is 41.5. The second kappa shape index (κ2) is 17.7. The molecule has 0 spiro atoms. The zero-order valence-electron chi connectivity index (χ0n) is 30.5. The molecule has 292 valence electrons. The van der Waals surface area contributed by atoms with Gasteiger partial charge in [0.15, 0.2) is 0 Å². The van der Waals surface area contributed by atoms with E-state index in [4.69, 9.17) is 23.2 Å². The highest BCUT2D eigenvalue weighted by Crippen LogP contribution is 2.33. The molecule has 6 aromatic rings. The third kappa shape index (κ3) is 9.71. The first kappa shape index (κ1) is 39.7. The number of nitrogens with one attached hydrogen (secondary N) is 2. The first-order valence-corrected chi connectivity index (χ1v) is 18.8. The Labute approximate surface area is 342 Å². The van der Waals surface area contributed by atoms with Crippen molar-refractivity contribution in [3.05, 3.63) is 196 Å². The van der Waals surface area contributed by atoms with Crippen LogP contribution >= 0.6 is 23.2 Å². The summed E-state index contributed by atoms with van der Waals surface area (Å²) in [5.41, 5.74) is 5.23. The summed E-state index contributed by atoms with van der Waals surface area (Å²) < 4.78 is 38.9. The first-order valence-electron chi connectivity index (χ1n) is 18.0. The third-order valence-electron chi connectivity index (χ3n) is 9.33. The Kier molecular flexibility index (Phi) is 12.2. The maximum absolute atomic E-state index is 13.0. The van der Waals surface area contributed by atoms with E-state index in [9.17, 15) is 22.8 Å². The Morgan fingerprint density at radius 2 is 1.05 bits per heavy atom. The predicted octanol–water partition coefficient (Wildman–Crippen LogP) is 11.2. The van der Waals surface area contributed by atoms with Gasteiger partial charge >= 0.3 is 18.2 Å². The number of nitrogens with zero attached hydrogens (tertiary/aromatic N) is 5. The van der Waals surface area contributed by atoms with Gasteiger partial charge in [0.2, 0.25) is 0 Å². The molecule has 0 radical (unpaired) electrons. The molecule has 9 nitrogen and oxygen atoms in total. The molecule has 4 amide bonds. The highest BCUT2D eigenvalue weighted by Gasteiger charge is 2.34. The summed E-state index contributed by atoms with van der Waals surface area (Å²) in [7, 11) is 0. The van der Waals surface area contributed by atoms with Crippen molar-refractivity contribution in [2.75, 3.05) is 23.7 Å². The Hall–Kier alpha value is -6.50. The van der Waals surface area contributed by atoms with Gasteiger partial charge in [0, 0.05) is 33.8 Å². The first-order chi connectivity index (χ1) is 28.0. The van der Waals surface area contributed by atoms with E-state index in [1.807, 2.05) is 84.9 Å². The average molecular weight is 821 g/mol. The quantitative estimate of drug-likeness (QED) is 0.175. The summed E-state index contributed by atoms with van der Waals surface area (Å²) in [6.45, 7) is 0.723. The number of anilines is 2. The smallest absolute Gasteiger partial charge is 0.306 e. The van der Waals surface area contributed by atoms with Crippen molar-refractivity contribution in [3.63, 3.8) is 0 Å². The molecule has 2 N–H and O–H groups in total. The number of pyridine rings is 1. The summed E-state index contributed by atoms with van der Waals surface area (Å²) in [4.78, 5) is 29.5. The minimum atomic E-state index is -4.49. The van der Waals surface area contributed by atoms with Crippen molar-refractivity contribution in [2.24, 2.45) is 10.2 Å². The van der Waals surface area contributed by atoms with Crippen LogP contribution in [-0.4, -0.2) is 51.6 Å². The minimum absolute atomic E-state index is 0.00739. The molecule has 2 aliphatic rings. The standard InChI is InChI=1S/C23H17ClF3N3O.C21H17ClN4O/c24-18-11-9-16(10-12-18)21-20(15-5-2-1-3-6-15)14-30(29-21)22(31)28-19-8-4-7-17(13-19)23(25,26)27;22-17-10-8-16(9-11-17)20-19(15-5-2-1-3-6-15)14-26(25-20)21(27)24-18-7-4-12-23-13-18/h1-13,20H,14H2,(H,28,31);1-13,19H,14H2,(H,24,27). The molecule has 2 aliphatic heterocycles. The molecule has 1 aromatic heterocycles. The van der Waals surface area contributed by atoms with Gasteiger partial charge in [-0.25, -0.2) is 19.6 Å². The summed E-state index contributed by atoms with van der Waals surface area (Å²) in [6.07, 6.45) is -1.23. The van der Waals surface area contributed by atoms with Crippen molar-refractivity contribution in [3.8, 4) is 0 Å². The average Bonchev–Trinajstić information content (AvgIpc) is 3.89. The molecule has 0 saturated heterocycles. The summed E-state index contributed by atoms with van der Waals surface area (Å²) in [5, 5.41) is 18.4. The number of carbonyl (C=O) groups is 2. The van der Waals surface area contributed by atoms with E-state index in [1.54, 1.807) is 36.7 Å². The fourth-order valence-corrected chi connectivity index (χ4v) is 6.75. The SMILES string of the molecule is O=C(Nc1cccc(C(F)(F)F)c1)N1CC(c2ccccc2)C(c2ccc(Cl)cc2)=N1.O=C(Nc1cccnc1)N1CC(c2ccccc2)C(c2ccc(Cl)cc2)=N1. The van der Waals surface area contributed by atoms with E-state index in [0.29, 0.717) is 28.0 Å². The van der Waals surface area contributed by atoms with Gasteiger partial charge in [-0.05, 0) is 76.9 Å². The molecule has 5 aromatic carbocycles. The van der Waals surface area contributed by atoms with Crippen LogP contribution in [-0.2, 0) is 6.18 Å². The van der Waals surface area contributed by atoms with Crippen LogP contribution in [0.15, 0.2) is 168 Å². The molecular weight excluding hydrogens is 786 g/mol. The summed E-state index contributed by atoms with van der Waals surface area (Å²) in [5.74, 6) is -0.193. The number of urea groups is 2. The zero-order valence-corrected chi connectivity index (χ0v) is 32.0. The number of hydrazone groups is 2. The van der Waals surface area contributed by atoms with Crippen LogP contribution in [0.1, 0.15) is 39.7 Å². The highest BCUT2D eigenvalue weighted by atomic mass is 35.5. The van der Waals surface area contributed by atoms with Crippen molar-refractivity contribution in [1.82, 2.24) is 15.0 Å². The Morgan fingerprint density at radius 1 is 0.586 bits per heavy atom. The van der Waals surface area contributed by atoms with Crippen molar-refractivity contribution in [2.45, 2.75) is 18.0 Å². The minimum Gasteiger partial charge on any atom is -0.306 e. The number of carbonyl (C=O) groups excluding carboxylic acids is 2. The molecular formula is C44H34Cl2F3N7O2. The van der Waals surface area contributed by atoms with Gasteiger partial charge in [-0.2, -0.15) is 23.4 Å². The highest BCUT2D eigenvalue weighted by molar-refractivity contribution is 6.31. The van der Waals surface area contributed by atoms with E-state index in [1.165, 1.54) is 22.2 Å². The molecule has 0 bridgehead atoms. The van der Waals surface area contributed by atoms with Gasteiger partial charge in [-0.15, -0.1) is 0 Å². The Bertz CT molecular complexity index is 2420. The summed E-state index contributed by atoms with van der Waals surface area (Å²) >= 11 is 12.0. The number of hydrogen-bond donors (Lipinski definition) is 2. The fraction of sp³-hybridized carbons (Fsp3) is 0.114. The van der Waals surface area contributed by atoms with E-state index < -0.39 is 17.8 Å². The lowest BCUT2D eigenvalue weighted by molar-refractivity contribution is -0.137. The Morgan fingerprint density at radius 3 is 1.50 bits per heavy atom. The van der Waals surface area contributed by atoms with E-state index in [2.05, 4.69) is 38.0 Å². The zero-order chi connectivity index (χ0) is 40.6. The van der Waals surface area contributed by atoms with Crippen molar-refractivity contribution < 1.29 is 22.8 Å². The van der Waals surface area contributed by atoms with Crippen LogP contribution in [0.3, 0.4) is 0 Å². The van der Waals surface area contributed by atoms with Gasteiger partial charge in [0.05, 0.1) is 42.0 Å². The van der Waals surface area contributed by atoms with Crippen LogP contribution in [0, 0.1) is 0 Å². The van der Waals surface area contributed by atoms with Gasteiger partial charge in [-0.1, -0.05) is 114 Å². The van der Waals surface area contributed by atoms with E-state index in [-0.39, 0.29) is 30.1 Å². The molecule has 3 heterocycles. The molecule has 14 heteroatoms. The lowest BCUT2D eigenvalue weighted by atomic mass is 9.91. The molecule has 0 fully saturated rings. The molecule has 0 aliphatic carbocycles. The lowest BCUT2D eigenvalue weighted by Crippen LogP contribution is -2.30. The molecule has 2 atom stereocenters. The van der Waals surface area contributed by atoms with E-state index in [0.717, 1.165) is 40.1 Å². The van der Waals surface area contributed by atoms with Gasteiger partial charge < -0.3 is 10.6 Å². The predicted molar refractivity (Wildman–Crippen MR) is 221 cm³/mol. The second-order valence-electron chi connectivity index (χ2n) is 13.3.